The van der Waals surface area contributed by atoms with Gasteiger partial charge in [0.15, 0.2) is 5.82 Å². The van der Waals surface area contributed by atoms with E-state index >= 15 is 0 Å². The normalized spacial score (nSPS) is 10.6. The number of benzene rings is 1. The van der Waals surface area contributed by atoms with Gasteiger partial charge < -0.3 is 4.74 Å². The monoisotopic (exact) mass is 229 g/mol. The molecule has 5 heteroatoms. The molecule has 0 unspecified atom stereocenters. The maximum Gasteiger partial charge on any atom is 0.332 e. The minimum Gasteiger partial charge on any atom is -0.466 e. The van der Waals surface area contributed by atoms with Gasteiger partial charge in [0.2, 0.25) is 0 Å². The summed E-state index contributed by atoms with van der Waals surface area (Å²) in [6.45, 7) is 0. The second-order valence-corrected chi connectivity index (χ2v) is 3.23. The summed E-state index contributed by atoms with van der Waals surface area (Å²) in [6.07, 6.45) is 4.24. The molecule has 0 N–H and O–H groups in total. The van der Waals surface area contributed by atoms with Crippen molar-refractivity contribution in [3.8, 4) is 11.4 Å². The van der Waals surface area contributed by atoms with Crippen LogP contribution < -0.4 is 0 Å². The van der Waals surface area contributed by atoms with Crippen LogP contribution >= 0.6 is 0 Å². The lowest BCUT2D eigenvalue weighted by molar-refractivity contribution is -0.134. The molecular formula is C12H11N3O2. The van der Waals surface area contributed by atoms with E-state index in [1.165, 1.54) is 30.4 Å². The smallest absolute Gasteiger partial charge is 0.332 e. The third-order valence-electron chi connectivity index (χ3n) is 2.16. The van der Waals surface area contributed by atoms with E-state index < -0.39 is 5.97 Å². The Labute approximate surface area is 98.4 Å². The summed E-state index contributed by atoms with van der Waals surface area (Å²) in [7, 11) is 1.33. The zero-order valence-corrected chi connectivity index (χ0v) is 9.28. The number of hydrogen-bond acceptors (Lipinski definition) is 4. The Morgan fingerprint density at radius 1 is 1.35 bits per heavy atom. The van der Waals surface area contributed by atoms with Gasteiger partial charge in [0, 0.05) is 17.8 Å². The standard InChI is InChI=1S/C12H11N3O2/c1-17-11(16)7-8-15-12(13-9-14-15)10-5-3-2-4-6-10/h2-9H,1H3. The first-order chi connectivity index (χ1) is 8.31. The van der Waals surface area contributed by atoms with E-state index in [0.717, 1.165) is 5.56 Å². The molecule has 0 saturated heterocycles. The predicted molar refractivity (Wildman–Crippen MR) is 62.8 cm³/mol. The van der Waals surface area contributed by atoms with Gasteiger partial charge in [-0.1, -0.05) is 30.3 Å². The van der Waals surface area contributed by atoms with E-state index in [0.29, 0.717) is 5.82 Å². The van der Waals surface area contributed by atoms with Gasteiger partial charge in [-0.2, -0.15) is 5.10 Å². The predicted octanol–water partition coefficient (Wildman–Crippen LogP) is 1.59. The molecule has 0 spiro atoms. The van der Waals surface area contributed by atoms with Gasteiger partial charge in [-0.05, 0) is 0 Å². The molecule has 0 aliphatic heterocycles. The lowest BCUT2D eigenvalue weighted by Gasteiger charge is -2.00. The van der Waals surface area contributed by atoms with Gasteiger partial charge in [-0.3, -0.25) is 0 Å². The van der Waals surface area contributed by atoms with Crippen molar-refractivity contribution in [1.29, 1.82) is 0 Å². The van der Waals surface area contributed by atoms with Crippen LogP contribution in [0.25, 0.3) is 17.6 Å². The molecule has 1 heterocycles. The van der Waals surface area contributed by atoms with Crippen LogP contribution in [0.3, 0.4) is 0 Å². The Morgan fingerprint density at radius 2 is 2.12 bits per heavy atom. The van der Waals surface area contributed by atoms with Crippen molar-refractivity contribution in [3.05, 3.63) is 42.7 Å². The highest BCUT2D eigenvalue weighted by atomic mass is 16.5. The van der Waals surface area contributed by atoms with Crippen LogP contribution in [-0.2, 0) is 9.53 Å². The van der Waals surface area contributed by atoms with Gasteiger partial charge in [-0.25, -0.2) is 14.5 Å². The zero-order chi connectivity index (χ0) is 12.1. The van der Waals surface area contributed by atoms with Gasteiger partial charge in [-0.15, -0.1) is 0 Å². The van der Waals surface area contributed by atoms with Crippen molar-refractivity contribution >= 4 is 12.2 Å². The molecule has 86 valence electrons. The van der Waals surface area contributed by atoms with E-state index in [4.69, 9.17) is 0 Å². The number of aromatic nitrogens is 3. The van der Waals surface area contributed by atoms with E-state index in [2.05, 4.69) is 14.8 Å². The van der Waals surface area contributed by atoms with Crippen molar-refractivity contribution in [2.75, 3.05) is 7.11 Å². The fraction of sp³-hybridized carbons (Fsp3) is 0.0833. The molecule has 0 bridgehead atoms. The van der Waals surface area contributed by atoms with Gasteiger partial charge in [0.25, 0.3) is 0 Å². The molecule has 0 aliphatic rings. The number of esters is 1. The number of carbonyl (C=O) groups excluding carboxylic acids is 1. The molecule has 2 rings (SSSR count). The zero-order valence-electron chi connectivity index (χ0n) is 9.28. The van der Waals surface area contributed by atoms with Crippen LogP contribution in [0.1, 0.15) is 0 Å². The fourth-order valence-corrected chi connectivity index (χ4v) is 1.35. The average Bonchev–Trinajstić information content (AvgIpc) is 2.85. The van der Waals surface area contributed by atoms with Gasteiger partial charge in [0.05, 0.1) is 7.11 Å². The van der Waals surface area contributed by atoms with Crippen LogP contribution in [0, 0.1) is 0 Å². The summed E-state index contributed by atoms with van der Waals surface area (Å²) >= 11 is 0. The van der Waals surface area contributed by atoms with Crippen LogP contribution in [0.2, 0.25) is 0 Å². The molecule has 0 saturated carbocycles. The Bertz CT molecular complexity index is 532. The molecule has 0 radical (unpaired) electrons. The first-order valence-corrected chi connectivity index (χ1v) is 5.02. The van der Waals surface area contributed by atoms with E-state index in [1.807, 2.05) is 30.3 Å². The maximum atomic E-state index is 11.0. The molecule has 0 atom stereocenters. The summed E-state index contributed by atoms with van der Waals surface area (Å²) in [4.78, 5) is 15.1. The number of rotatable bonds is 3. The molecule has 0 amide bonds. The first kappa shape index (κ1) is 11.1. The number of nitrogens with zero attached hydrogens (tertiary/aromatic N) is 3. The largest absolute Gasteiger partial charge is 0.466 e. The lowest BCUT2D eigenvalue weighted by Crippen LogP contribution is -1.98. The number of hydrogen-bond donors (Lipinski definition) is 0. The quantitative estimate of drug-likeness (QED) is 0.592. The van der Waals surface area contributed by atoms with Crippen molar-refractivity contribution in [2.24, 2.45) is 0 Å². The van der Waals surface area contributed by atoms with Crippen molar-refractivity contribution < 1.29 is 9.53 Å². The van der Waals surface area contributed by atoms with E-state index in [-0.39, 0.29) is 0 Å². The van der Waals surface area contributed by atoms with Crippen LogP contribution in [-0.4, -0.2) is 27.8 Å². The van der Waals surface area contributed by atoms with Crippen LogP contribution in [0.4, 0.5) is 0 Å². The number of ether oxygens (including phenoxy) is 1. The highest BCUT2D eigenvalue weighted by molar-refractivity contribution is 5.85. The minimum absolute atomic E-state index is 0.431. The molecule has 0 aliphatic carbocycles. The van der Waals surface area contributed by atoms with Gasteiger partial charge >= 0.3 is 5.97 Å². The lowest BCUT2D eigenvalue weighted by atomic mass is 10.2. The van der Waals surface area contributed by atoms with E-state index in [1.54, 1.807) is 0 Å². The Balaban J connectivity index is 2.30. The highest BCUT2D eigenvalue weighted by Crippen LogP contribution is 2.15. The average molecular weight is 229 g/mol. The second kappa shape index (κ2) is 5.07. The number of methoxy groups -OCH3 is 1. The third-order valence-corrected chi connectivity index (χ3v) is 2.16. The summed E-state index contributed by atoms with van der Waals surface area (Å²) in [6, 6.07) is 9.60. The van der Waals surface area contributed by atoms with Crippen molar-refractivity contribution in [2.45, 2.75) is 0 Å². The SMILES string of the molecule is COC(=O)C=Cn1ncnc1-c1ccccc1. The Kier molecular flexibility index (Phi) is 3.30. The summed E-state index contributed by atoms with van der Waals surface area (Å²) in [5, 5.41) is 4.01. The molecule has 0 fully saturated rings. The summed E-state index contributed by atoms with van der Waals surface area (Å²) in [5.41, 5.74) is 0.930. The number of carbonyl (C=O) groups is 1. The highest BCUT2D eigenvalue weighted by Gasteiger charge is 2.04. The Hall–Kier alpha value is -2.43. The first-order valence-electron chi connectivity index (χ1n) is 5.02. The van der Waals surface area contributed by atoms with Crippen LogP contribution in [0.5, 0.6) is 0 Å². The summed E-state index contributed by atoms with van der Waals surface area (Å²) < 4.78 is 6.03. The molecule has 17 heavy (non-hydrogen) atoms. The van der Waals surface area contributed by atoms with Crippen molar-refractivity contribution in [3.63, 3.8) is 0 Å². The van der Waals surface area contributed by atoms with E-state index in [9.17, 15) is 4.79 Å². The molecular weight excluding hydrogens is 218 g/mol. The third kappa shape index (κ3) is 2.57. The maximum absolute atomic E-state index is 11.0. The molecule has 2 aromatic rings. The summed E-state index contributed by atoms with van der Waals surface area (Å²) in [5.74, 6) is 0.241. The van der Waals surface area contributed by atoms with Crippen molar-refractivity contribution in [1.82, 2.24) is 14.8 Å². The Morgan fingerprint density at radius 3 is 2.82 bits per heavy atom. The van der Waals surface area contributed by atoms with Crippen LogP contribution in [0.15, 0.2) is 42.7 Å². The minimum atomic E-state index is -0.431. The molecule has 5 nitrogen and oxygen atoms in total. The molecule has 1 aromatic carbocycles. The fourth-order valence-electron chi connectivity index (χ4n) is 1.35. The molecule has 1 aromatic heterocycles. The van der Waals surface area contributed by atoms with Gasteiger partial charge in [0.1, 0.15) is 6.33 Å². The second-order valence-electron chi connectivity index (χ2n) is 3.23. The topological polar surface area (TPSA) is 57.0 Å².